The summed E-state index contributed by atoms with van der Waals surface area (Å²) in [6, 6.07) is 11.6. The van der Waals surface area contributed by atoms with E-state index in [1.807, 2.05) is 19.1 Å². The molecular formula is C30H26FN5O5S. The number of hydrogen-bond donors (Lipinski definition) is 1. The molecule has 1 N–H and O–H groups in total. The number of halogens is 1. The molecule has 0 radical (unpaired) electrons. The molecular weight excluding hydrogens is 561 g/mol. The van der Waals surface area contributed by atoms with Crippen molar-refractivity contribution in [1.82, 2.24) is 19.9 Å². The van der Waals surface area contributed by atoms with E-state index in [1.165, 1.54) is 35.5 Å². The molecule has 10 nitrogen and oxygen atoms in total. The molecule has 214 valence electrons. The molecule has 1 atom stereocenters. The van der Waals surface area contributed by atoms with E-state index in [-0.39, 0.29) is 24.6 Å². The maximum atomic E-state index is 15.3. The Morgan fingerprint density at radius 1 is 1.17 bits per heavy atom. The summed E-state index contributed by atoms with van der Waals surface area (Å²) in [7, 11) is 4.78. The Balaban J connectivity index is 1.34. The zero-order valence-electron chi connectivity index (χ0n) is 23.2. The first-order valence-corrected chi connectivity index (χ1v) is 13.9. The van der Waals surface area contributed by atoms with Crippen LogP contribution in [0.25, 0.3) is 31.8 Å². The first-order valence-electron chi connectivity index (χ1n) is 13.1. The highest BCUT2D eigenvalue weighted by Gasteiger charge is 2.33. The van der Waals surface area contributed by atoms with E-state index in [0.29, 0.717) is 44.3 Å². The summed E-state index contributed by atoms with van der Waals surface area (Å²) in [5.41, 5.74) is 4.86. The molecule has 0 saturated heterocycles. The van der Waals surface area contributed by atoms with Gasteiger partial charge in [0.15, 0.2) is 11.6 Å². The van der Waals surface area contributed by atoms with E-state index in [2.05, 4.69) is 9.97 Å². The summed E-state index contributed by atoms with van der Waals surface area (Å²) in [6.45, 7) is 1.89. The molecule has 0 spiro atoms. The zero-order chi connectivity index (χ0) is 29.7. The molecule has 6 rings (SSSR count). The number of anilines is 1. The van der Waals surface area contributed by atoms with E-state index in [1.54, 1.807) is 38.5 Å². The highest BCUT2D eigenvalue weighted by atomic mass is 32.1. The molecule has 12 heteroatoms. The van der Waals surface area contributed by atoms with E-state index in [9.17, 15) is 14.7 Å². The van der Waals surface area contributed by atoms with Gasteiger partial charge in [-0.2, -0.15) is 0 Å². The standard InChI is InChI=1S/C30H26FN5O5S/c1-15-8-19(25-22(9-15)33-24(40-4)13-32-25)28-34-23-12-21(31)26-20(27(23)42-28)11-18(41-26)14-36(30(38)39)17-7-5-6-16(10-17)29(37)35(2)3/h5-10,12-13,18H,11,14H2,1-4H3,(H,38,39)/t18-/m1/s1. The summed E-state index contributed by atoms with van der Waals surface area (Å²) in [5, 5.41) is 10.7. The third kappa shape index (κ3) is 4.83. The predicted molar refractivity (Wildman–Crippen MR) is 157 cm³/mol. The topological polar surface area (TPSA) is 118 Å². The Hall–Kier alpha value is -4.84. The van der Waals surface area contributed by atoms with Gasteiger partial charge < -0.3 is 19.5 Å². The first kappa shape index (κ1) is 27.3. The van der Waals surface area contributed by atoms with Gasteiger partial charge in [0.2, 0.25) is 5.88 Å². The first-order chi connectivity index (χ1) is 20.1. The zero-order valence-corrected chi connectivity index (χ0v) is 24.0. The van der Waals surface area contributed by atoms with Crippen LogP contribution >= 0.6 is 11.3 Å². The van der Waals surface area contributed by atoms with Crippen molar-refractivity contribution in [1.29, 1.82) is 0 Å². The number of aryl methyl sites for hydroxylation is 1. The lowest BCUT2D eigenvalue weighted by atomic mass is 10.1. The van der Waals surface area contributed by atoms with Crippen LogP contribution in [0.15, 0.2) is 48.7 Å². The number of amides is 2. The Kier molecular flexibility index (Phi) is 6.85. The van der Waals surface area contributed by atoms with Gasteiger partial charge in [-0.25, -0.2) is 24.1 Å². The number of carbonyl (C=O) groups is 2. The van der Waals surface area contributed by atoms with Crippen LogP contribution < -0.4 is 14.4 Å². The van der Waals surface area contributed by atoms with Crippen LogP contribution in [0, 0.1) is 12.7 Å². The van der Waals surface area contributed by atoms with E-state index >= 15 is 4.39 Å². The SMILES string of the molecule is COc1cnc2c(-c3nc4cc(F)c5c(c4s3)C[C@H](CN(C(=O)O)c3cccc(C(=O)N(C)C)c3)O5)cc(C)cc2n1. The number of methoxy groups -OCH3 is 1. The number of thiazole rings is 1. The van der Waals surface area contributed by atoms with Crippen LogP contribution in [0.2, 0.25) is 0 Å². The number of fused-ring (bicyclic) bond motifs is 4. The number of carboxylic acid groups (broad SMARTS) is 1. The molecule has 0 bridgehead atoms. The molecule has 1 aliphatic heterocycles. The molecule has 3 heterocycles. The van der Waals surface area contributed by atoms with E-state index < -0.39 is 18.0 Å². The van der Waals surface area contributed by atoms with Crippen LogP contribution in [0.5, 0.6) is 11.6 Å². The summed E-state index contributed by atoms with van der Waals surface area (Å²) in [6.07, 6.45) is -0.0199. The lowest BCUT2D eigenvalue weighted by Crippen LogP contribution is -2.38. The van der Waals surface area contributed by atoms with E-state index in [0.717, 1.165) is 20.7 Å². The molecule has 2 amide bonds. The minimum atomic E-state index is -1.21. The molecule has 0 unspecified atom stereocenters. The van der Waals surface area contributed by atoms with Crippen LogP contribution in [-0.2, 0) is 6.42 Å². The maximum Gasteiger partial charge on any atom is 0.411 e. The van der Waals surface area contributed by atoms with Crippen LogP contribution in [0.1, 0.15) is 21.5 Å². The monoisotopic (exact) mass is 587 g/mol. The Morgan fingerprint density at radius 2 is 1.98 bits per heavy atom. The van der Waals surface area contributed by atoms with Crippen molar-refractivity contribution in [3.05, 3.63) is 71.2 Å². The average Bonchev–Trinajstić information content (AvgIpc) is 3.59. The highest BCUT2D eigenvalue weighted by Crippen LogP contribution is 2.43. The fraction of sp³-hybridized carbons (Fsp3) is 0.233. The minimum absolute atomic E-state index is 0.0594. The van der Waals surface area contributed by atoms with E-state index in [4.69, 9.17) is 14.5 Å². The molecule has 0 saturated carbocycles. The predicted octanol–water partition coefficient (Wildman–Crippen LogP) is 5.55. The van der Waals surface area contributed by atoms with Gasteiger partial charge in [0.25, 0.3) is 5.91 Å². The second kappa shape index (κ2) is 10.5. The number of nitrogens with zero attached hydrogens (tertiary/aromatic N) is 5. The fourth-order valence-electron chi connectivity index (χ4n) is 5.12. The van der Waals surface area contributed by atoms with Crippen molar-refractivity contribution in [3.8, 4) is 22.2 Å². The molecule has 2 aromatic heterocycles. The molecule has 0 fully saturated rings. The number of rotatable bonds is 6. The van der Waals surface area contributed by atoms with Crippen molar-refractivity contribution < 1.29 is 28.6 Å². The van der Waals surface area contributed by atoms with Gasteiger partial charge in [0, 0.05) is 49.0 Å². The van der Waals surface area contributed by atoms with Crippen molar-refractivity contribution >= 4 is 50.3 Å². The van der Waals surface area contributed by atoms with Crippen LogP contribution in [0.4, 0.5) is 14.9 Å². The van der Waals surface area contributed by atoms with Gasteiger partial charge in [-0.1, -0.05) is 6.07 Å². The van der Waals surface area contributed by atoms with Crippen molar-refractivity contribution in [3.63, 3.8) is 0 Å². The summed E-state index contributed by atoms with van der Waals surface area (Å²) < 4.78 is 27.2. The van der Waals surface area contributed by atoms with Crippen molar-refractivity contribution in [2.24, 2.45) is 0 Å². The Bertz CT molecular complexity index is 1890. The van der Waals surface area contributed by atoms with Gasteiger partial charge in [-0.05, 0) is 42.8 Å². The summed E-state index contributed by atoms with van der Waals surface area (Å²) >= 11 is 1.40. The smallest absolute Gasteiger partial charge is 0.411 e. The average molecular weight is 588 g/mol. The number of carbonyl (C=O) groups excluding carboxylic acids is 1. The largest absolute Gasteiger partial charge is 0.485 e. The molecule has 3 aromatic carbocycles. The normalized spacial score (nSPS) is 14.1. The number of ether oxygens (including phenoxy) is 2. The Labute approximate surface area is 244 Å². The molecule has 0 aliphatic carbocycles. The minimum Gasteiger partial charge on any atom is -0.485 e. The number of benzene rings is 3. The molecule has 1 aliphatic rings. The lowest BCUT2D eigenvalue weighted by molar-refractivity contribution is 0.0827. The molecule has 42 heavy (non-hydrogen) atoms. The third-order valence-electron chi connectivity index (χ3n) is 7.03. The second-order valence-corrected chi connectivity index (χ2v) is 11.2. The lowest BCUT2D eigenvalue weighted by Gasteiger charge is -2.23. The maximum absolute atomic E-state index is 15.3. The quantitative estimate of drug-likeness (QED) is 0.275. The number of hydrogen-bond acceptors (Lipinski definition) is 8. The Morgan fingerprint density at radius 3 is 2.71 bits per heavy atom. The summed E-state index contributed by atoms with van der Waals surface area (Å²) in [5.74, 6) is -0.305. The van der Waals surface area contributed by atoms with Crippen LogP contribution in [-0.4, -0.2) is 70.8 Å². The van der Waals surface area contributed by atoms with Crippen molar-refractivity contribution in [2.75, 3.05) is 32.6 Å². The van der Waals surface area contributed by atoms with Gasteiger partial charge in [0.1, 0.15) is 11.1 Å². The van der Waals surface area contributed by atoms with Gasteiger partial charge in [-0.15, -0.1) is 11.3 Å². The fourth-order valence-corrected chi connectivity index (χ4v) is 6.23. The second-order valence-electron chi connectivity index (χ2n) is 10.2. The number of aromatic nitrogens is 3. The third-order valence-corrected chi connectivity index (χ3v) is 8.20. The molecule has 5 aromatic rings. The van der Waals surface area contributed by atoms with Crippen molar-refractivity contribution in [2.45, 2.75) is 19.4 Å². The van der Waals surface area contributed by atoms with Gasteiger partial charge >= 0.3 is 6.09 Å². The van der Waals surface area contributed by atoms with Gasteiger partial charge in [0.05, 0.1) is 41.1 Å². The summed E-state index contributed by atoms with van der Waals surface area (Å²) in [4.78, 5) is 41.0. The van der Waals surface area contributed by atoms with Crippen LogP contribution in [0.3, 0.4) is 0 Å². The van der Waals surface area contributed by atoms with Gasteiger partial charge in [-0.3, -0.25) is 9.69 Å². The highest BCUT2D eigenvalue weighted by molar-refractivity contribution is 7.22.